The topological polar surface area (TPSA) is 125 Å². The van der Waals surface area contributed by atoms with Gasteiger partial charge in [-0.25, -0.2) is 9.18 Å². The van der Waals surface area contributed by atoms with Crippen LogP contribution in [0.4, 0.5) is 9.18 Å². The van der Waals surface area contributed by atoms with E-state index in [-0.39, 0.29) is 24.4 Å². The number of furan rings is 1. The molecule has 5 rings (SSSR count). The van der Waals surface area contributed by atoms with Crippen molar-refractivity contribution in [3.05, 3.63) is 59.2 Å². The number of fused-ring (bicyclic) bond motifs is 2. The van der Waals surface area contributed by atoms with Crippen LogP contribution in [0, 0.1) is 5.82 Å². The molecule has 1 atom stereocenters. The van der Waals surface area contributed by atoms with E-state index in [2.05, 4.69) is 15.6 Å². The molecule has 4 heterocycles. The van der Waals surface area contributed by atoms with E-state index < -0.39 is 35.0 Å². The lowest BCUT2D eigenvalue weighted by Crippen LogP contribution is -2.52. The molecule has 2 aliphatic rings. The summed E-state index contributed by atoms with van der Waals surface area (Å²) in [4.78, 5) is 42.8. The Bertz CT molecular complexity index is 1190. The van der Waals surface area contributed by atoms with Crippen LogP contribution in [-0.4, -0.2) is 39.4 Å². The number of amides is 4. The van der Waals surface area contributed by atoms with Gasteiger partial charge in [-0.2, -0.15) is 0 Å². The molecule has 29 heavy (non-hydrogen) atoms. The number of benzene rings is 1. The second-order valence-corrected chi connectivity index (χ2v) is 6.91. The number of rotatable bonds is 3. The standard InChI is InChI=1S/C19H13FN4O5/c20-15-11(25)4-3-9-7-24(16(26)14(9)15)8-19(17(27)22-18(28)23-19)13-6-10-12(29-13)2-1-5-21-10/h1-6,25H,7-8H2,(H2,22,23,27,28)/t19-/m0/s1. The van der Waals surface area contributed by atoms with E-state index in [0.717, 1.165) is 6.07 Å². The molecule has 146 valence electrons. The van der Waals surface area contributed by atoms with E-state index >= 15 is 0 Å². The van der Waals surface area contributed by atoms with Gasteiger partial charge >= 0.3 is 6.03 Å². The minimum Gasteiger partial charge on any atom is -0.505 e. The first kappa shape index (κ1) is 17.2. The minimum atomic E-state index is -1.70. The Labute approximate surface area is 162 Å². The van der Waals surface area contributed by atoms with Crippen molar-refractivity contribution in [2.75, 3.05) is 6.54 Å². The molecule has 4 amide bonds. The number of nitrogens with zero attached hydrogens (tertiary/aromatic N) is 2. The Balaban J connectivity index is 1.57. The molecular weight excluding hydrogens is 383 g/mol. The Morgan fingerprint density at radius 3 is 2.83 bits per heavy atom. The van der Waals surface area contributed by atoms with Gasteiger partial charge in [0.2, 0.25) is 0 Å². The van der Waals surface area contributed by atoms with Crippen molar-refractivity contribution in [1.82, 2.24) is 20.5 Å². The zero-order valence-corrected chi connectivity index (χ0v) is 14.7. The number of hydrogen-bond donors (Lipinski definition) is 3. The molecule has 0 spiro atoms. The number of halogens is 1. The molecule has 1 saturated heterocycles. The number of imide groups is 1. The largest absolute Gasteiger partial charge is 0.505 e. The van der Waals surface area contributed by atoms with Gasteiger partial charge in [0.05, 0.1) is 12.1 Å². The van der Waals surface area contributed by atoms with E-state index in [0.29, 0.717) is 16.7 Å². The predicted molar refractivity (Wildman–Crippen MR) is 95.2 cm³/mol. The van der Waals surface area contributed by atoms with Crippen LogP contribution < -0.4 is 10.6 Å². The molecule has 1 fully saturated rings. The highest BCUT2D eigenvalue weighted by molar-refractivity contribution is 6.08. The molecule has 0 unspecified atom stereocenters. The summed E-state index contributed by atoms with van der Waals surface area (Å²) in [6.07, 6.45) is 1.55. The highest BCUT2D eigenvalue weighted by Crippen LogP contribution is 2.35. The number of phenols is 1. The van der Waals surface area contributed by atoms with Crippen molar-refractivity contribution in [3.8, 4) is 5.75 Å². The van der Waals surface area contributed by atoms with Crippen LogP contribution in [0.3, 0.4) is 0 Å². The van der Waals surface area contributed by atoms with E-state index in [1.54, 1.807) is 18.3 Å². The van der Waals surface area contributed by atoms with Crippen LogP contribution in [-0.2, 0) is 16.9 Å². The number of carbonyl (C=O) groups excluding carboxylic acids is 3. The molecule has 3 N–H and O–H groups in total. The van der Waals surface area contributed by atoms with E-state index in [1.165, 1.54) is 17.0 Å². The van der Waals surface area contributed by atoms with Crippen LogP contribution in [0.2, 0.25) is 0 Å². The number of aromatic nitrogens is 1. The zero-order valence-electron chi connectivity index (χ0n) is 14.7. The summed E-state index contributed by atoms with van der Waals surface area (Å²) in [5.41, 5.74) is -0.702. The quantitative estimate of drug-likeness (QED) is 0.574. The summed E-state index contributed by atoms with van der Waals surface area (Å²) < 4.78 is 20.0. The molecule has 10 heteroatoms. The van der Waals surface area contributed by atoms with Crippen LogP contribution in [0.1, 0.15) is 21.7 Å². The smallest absolute Gasteiger partial charge is 0.322 e. The van der Waals surface area contributed by atoms with Crippen molar-refractivity contribution in [1.29, 1.82) is 0 Å². The Morgan fingerprint density at radius 2 is 2.10 bits per heavy atom. The maximum atomic E-state index is 14.3. The molecule has 0 saturated carbocycles. The molecule has 9 nitrogen and oxygen atoms in total. The molecular formula is C19H13FN4O5. The SMILES string of the molecule is O=C1NC(=O)[C@](CN2Cc3ccc(O)c(F)c3C2=O)(c2cc3ncccc3o2)N1. The van der Waals surface area contributed by atoms with Gasteiger partial charge in [-0.15, -0.1) is 0 Å². The Hall–Kier alpha value is -3.95. The third-order valence-electron chi connectivity index (χ3n) is 5.15. The van der Waals surface area contributed by atoms with Gasteiger partial charge in [0.1, 0.15) is 11.3 Å². The highest BCUT2D eigenvalue weighted by atomic mass is 19.1. The van der Waals surface area contributed by atoms with Crippen molar-refractivity contribution >= 4 is 28.9 Å². The van der Waals surface area contributed by atoms with Crippen molar-refractivity contribution < 1.29 is 28.3 Å². The maximum absolute atomic E-state index is 14.3. The minimum absolute atomic E-state index is 0.00868. The normalized spacial score (nSPS) is 20.9. The zero-order chi connectivity index (χ0) is 20.3. The van der Waals surface area contributed by atoms with Crippen molar-refractivity contribution in [3.63, 3.8) is 0 Å². The number of hydrogen-bond acceptors (Lipinski definition) is 6. The first-order chi connectivity index (χ1) is 13.9. The third kappa shape index (κ3) is 2.38. The van der Waals surface area contributed by atoms with Crippen LogP contribution in [0.15, 0.2) is 40.9 Å². The van der Waals surface area contributed by atoms with Gasteiger partial charge in [0, 0.05) is 18.8 Å². The number of carbonyl (C=O) groups is 3. The molecule has 2 aromatic heterocycles. The summed E-state index contributed by atoms with van der Waals surface area (Å²) in [6.45, 7) is -0.285. The fourth-order valence-electron chi connectivity index (χ4n) is 3.75. The summed E-state index contributed by atoms with van der Waals surface area (Å²) in [5.74, 6) is -2.95. The lowest BCUT2D eigenvalue weighted by atomic mass is 9.95. The second kappa shape index (κ2) is 5.77. The monoisotopic (exact) mass is 396 g/mol. The molecule has 2 aliphatic heterocycles. The van der Waals surface area contributed by atoms with Crippen LogP contribution in [0.5, 0.6) is 5.75 Å². The molecule has 0 bridgehead atoms. The maximum Gasteiger partial charge on any atom is 0.322 e. The van der Waals surface area contributed by atoms with Crippen LogP contribution in [0.25, 0.3) is 11.1 Å². The summed E-state index contributed by atoms with van der Waals surface area (Å²) >= 11 is 0. The lowest BCUT2D eigenvalue weighted by Gasteiger charge is -2.28. The molecule has 1 aromatic carbocycles. The van der Waals surface area contributed by atoms with E-state index in [9.17, 15) is 23.9 Å². The van der Waals surface area contributed by atoms with E-state index in [4.69, 9.17) is 4.42 Å². The Morgan fingerprint density at radius 1 is 1.28 bits per heavy atom. The number of urea groups is 1. The number of pyridine rings is 1. The molecule has 0 radical (unpaired) electrons. The number of phenolic OH excluding ortho intramolecular Hbond substituents is 1. The van der Waals surface area contributed by atoms with E-state index in [1.807, 2.05) is 0 Å². The number of nitrogens with one attached hydrogen (secondary N) is 2. The van der Waals surface area contributed by atoms with Gasteiger partial charge in [-0.05, 0) is 23.8 Å². The molecule has 0 aliphatic carbocycles. The van der Waals surface area contributed by atoms with Gasteiger partial charge in [0.25, 0.3) is 11.8 Å². The second-order valence-electron chi connectivity index (χ2n) is 6.91. The average molecular weight is 396 g/mol. The molecule has 3 aromatic rings. The number of aromatic hydroxyl groups is 1. The van der Waals surface area contributed by atoms with Gasteiger partial charge < -0.3 is 19.7 Å². The van der Waals surface area contributed by atoms with Gasteiger partial charge in [-0.3, -0.25) is 19.9 Å². The van der Waals surface area contributed by atoms with Crippen molar-refractivity contribution in [2.45, 2.75) is 12.1 Å². The first-order valence-electron chi connectivity index (χ1n) is 8.67. The lowest BCUT2D eigenvalue weighted by molar-refractivity contribution is -0.125. The average Bonchev–Trinajstić information content (AvgIpc) is 3.34. The Kier molecular flexibility index (Phi) is 3.42. The first-order valence-corrected chi connectivity index (χ1v) is 8.67. The summed E-state index contributed by atoms with van der Waals surface area (Å²) in [5, 5.41) is 14.3. The summed E-state index contributed by atoms with van der Waals surface area (Å²) in [6, 6.07) is 6.69. The fraction of sp³-hybridized carbons (Fsp3) is 0.158. The van der Waals surface area contributed by atoms with Crippen LogP contribution >= 0.6 is 0 Å². The fourth-order valence-corrected chi connectivity index (χ4v) is 3.75. The van der Waals surface area contributed by atoms with Gasteiger partial charge in [-0.1, -0.05) is 6.07 Å². The predicted octanol–water partition coefficient (Wildman–Crippen LogP) is 1.36. The van der Waals surface area contributed by atoms with Crippen molar-refractivity contribution in [2.24, 2.45) is 0 Å². The highest BCUT2D eigenvalue weighted by Gasteiger charge is 2.53. The van der Waals surface area contributed by atoms with Gasteiger partial charge in [0.15, 0.2) is 22.7 Å². The summed E-state index contributed by atoms with van der Waals surface area (Å²) in [7, 11) is 0. The third-order valence-corrected chi connectivity index (χ3v) is 5.15.